The molecule has 0 saturated carbocycles. The molecule has 35 heavy (non-hydrogen) atoms. The lowest BCUT2D eigenvalue weighted by Gasteiger charge is -2.09. The molecule has 0 atom stereocenters. The topological polar surface area (TPSA) is 128 Å². The highest BCUT2D eigenvalue weighted by molar-refractivity contribution is 5.75. The normalized spacial score (nSPS) is 10.9. The summed E-state index contributed by atoms with van der Waals surface area (Å²) >= 11 is 0. The predicted octanol–water partition coefficient (Wildman–Crippen LogP) is 2.25. The maximum absolute atomic E-state index is 12.9. The molecule has 10 heteroatoms. The molecule has 0 aliphatic rings. The summed E-state index contributed by atoms with van der Waals surface area (Å²) in [6, 6.07) is 7.11. The van der Waals surface area contributed by atoms with Gasteiger partial charge in [0, 0.05) is 24.8 Å². The van der Waals surface area contributed by atoms with E-state index in [0.29, 0.717) is 54.2 Å². The third kappa shape index (κ3) is 5.09. The fraction of sp³-hybridized carbons (Fsp3) is 0.320. The van der Waals surface area contributed by atoms with Crippen LogP contribution < -0.4 is 11.2 Å². The fourth-order valence-corrected chi connectivity index (χ4v) is 3.88. The second-order valence-electron chi connectivity index (χ2n) is 8.17. The molecule has 3 heterocycles. The number of aromatic amines is 1. The van der Waals surface area contributed by atoms with Crippen LogP contribution in [0.5, 0.6) is 0 Å². The van der Waals surface area contributed by atoms with Crippen molar-refractivity contribution in [3.8, 4) is 23.2 Å². The van der Waals surface area contributed by atoms with Crippen LogP contribution in [0.4, 0.5) is 0 Å². The highest BCUT2D eigenvalue weighted by Gasteiger charge is 2.18. The van der Waals surface area contributed by atoms with E-state index in [9.17, 15) is 14.4 Å². The molecule has 2 N–H and O–H groups in total. The number of imidazole rings is 1. The third-order valence-corrected chi connectivity index (χ3v) is 5.42. The summed E-state index contributed by atoms with van der Waals surface area (Å²) in [4.78, 5) is 44.3. The Bertz CT molecular complexity index is 1560. The van der Waals surface area contributed by atoms with E-state index in [1.165, 1.54) is 4.57 Å². The molecule has 1 aromatic carbocycles. The molecule has 0 radical (unpaired) electrons. The number of aryl methyl sites for hydroxylation is 1. The van der Waals surface area contributed by atoms with Gasteiger partial charge >= 0.3 is 11.7 Å². The molecular weight excluding hydrogens is 448 g/mol. The molecule has 0 saturated heterocycles. The molecule has 4 aromatic rings. The smallest absolute Gasteiger partial charge is 0.332 e. The number of H-pyrrole nitrogens is 1. The van der Waals surface area contributed by atoms with Gasteiger partial charge in [-0.3, -0.25) is 23.4 Å². The van der Waals surface area contributed by atoms with Crippen LogP contribution in [0.1, 0.15) is 37.8 Å². The minimum Gasteiger partial charge on any atom is -0.481 e. The van der Waals surface area contributed by atoms with E-state index < -0.39 is 5.97 Å². The van der Waals surface area contributed by atoms with Crippen LogP contribution in [0, 0.1) is 11.8 Å². The lowest BCUT2D eigenvalue weighted by atomic mass is 10.1. The second kappa shape index (κ2) is 10.3. The van der Waals surface area contributed by atoms with Crippen molar-refractivity contribution in [2.75, 3.05) is 0 Å². The zero-order valence-electron chi connectivity index (χ0n) is 19.6. The summed E-state index contributed by atoms with van der Waals surface area (Å²) in [5.41, 5.74) is 2.02. The first-order valence-corrected chi connectivity index (χ1v) is 11.5. The number of fused-ring (bicyclic) bond motifs is 1. The van der Waals surface area contributed by atoms with Gasteiger partial charge in [-0.05, 0) is 30.5 Å². The predicted molar refractivity (Wildman–Crippen MR) is 131 cm³/mol. The molecule has 0 spiro atoms. The maximum Gasteiger partial charge on any atom is 0.332 e. The van der Waals surface area contributed by atoms with E-state index in [1.807, 2.05) is 19.9 Å². The summed E-state index contributed by atoms with van der Waals surface area (Å²) in [6.07, 6.45) is 4.74. The first kappa shape index (κ1) is 23.8. The van der Waals surface area contributed by atoms with Gasteiger partial charge in [0.25, 0.3) is 5.56 Å². The van der Waals surface area contributed by atoms with Gasteiger partial charge in [-0.1, -0.05) is 37.8 Å². The highest BCUT2D eigenvalue weighted by atomic mass is 16.4. The Balaban J connectivity index is 1.61. The summed E-state index contributed by atoms with van der Waals surface area (Å²) in [5.74, 6) is 5.62. The van der Waals surface area contributed by atoms with E-state index >= 15 is 0 Å². The Kier molecular flexibility index (Phi) is 6.96. The van der Waals surface area contributed by atoms with Crippen LogP contribution in [-0.4, -0.2) is 40.0 Å². The van der Waals surface area contributed by atoms with E-state index in [4.69, 9.17) is 5.11 Å². The van der Waals surface area contributed by atoms with Gasteiger partial charge in [-0.15, -0.1) is 0 Å². The van der Waals surface area contributed by atoms with Crippen molar-refractivity contribution in [3.63, 3.8) is 0 Å². The van der Waals surface area contributed by atoms with Gasteiger partial charge in [0.05, 0.1) is 18.2 Å². The van der Waals surface area contributed by atoms with Crippen molar-refractivity contribution in [1.29, 1.82) is 0 Å². The third-order valence-electron chi connectivity index (χ3n) is 5.42. The number of nitrogens with zero attached hydrogens (tertiary/aromatic N) is 5. The molecule has 0 amide bonds. The van der Waals surface area contributed by atoms with Crippen molar-refractivity contribution in [2.24, 2.45) is 0 Å². The molecule has 4 rings (SSSR count). The number of aromatic nitrogens is 6. The number of nitrogens with one attached hydrogen (secondary N) is 1. The first-order valence-electron chi connectivity index (χ1n) is 11.5. The van der Waals surface area contributed by atoms with Crippen LogP contribution in [0.25, 0.3) is 22.6 Å². The first-order chi connectivity index (χ1) is 16.9. The summed E-state index contributed by atoms with van der Waals surface area (Å²) in [7, 11) is 0. The van der Waals surface area contributed by atoms with Gasteiger partial charge in [0.1, 0.15) is 17.9 Å². The molecule has 0 aliphatic carbocycles. The zero-order valence-corrected chi connectivity index (χ0v) is 19.6. The molecule has 0 bridgehead atoms. The summed E-state index contributed by atoms with van der Waals surface area (Å²) in [6.45, 7) is 5.01. The van der Waals surface area contributed by atoms with Crippen LogP contribution in [0.3, 0.4) is 0 Å². The quantitative estimate of drug-likeness (QED) is 0.377. The zero-order chi connectivity index (χ0) is 24.9. The Morgan fingerprint density at radius 3 is 2.66 bits per heavy atom. The minimum atomic E-state index is -0.888. The Labute approximate surface area is 200 Å². The van der Waals surface area contributed by atoms with Crippen LogP contribution >= 0.6 is 0 Å². The average molecular weight is 475 g/mol. The number of aliphatic carboxylic acids is 1. The van der Waals surface area contributed by atoms with E-state index in [0.717, 1.165) is 12.0 Å². The molecule has 0 aliphatic heterocycles. The summed E-state index contributed by atoms with van der Waals surface area (Å²) < 4.78 is 4.44. The summed E-state index contributed by atoms with van der Waals surface area (Å²) in [5, 5.41) is 13.3. The van der Waals surface area contributed by atoms with E-state index in [-0.39, 0.29) is 17.7 Å². The van der Waals surface area contributed by atoms with Crippen molar-refractivity contribution >= 4 is 17.1 Å². The molecule has 0 unspecified atom stereocenters. The number of carboxylic acid groups (broad SMARTS) is 1. The molecule has 10 nitrogen and oxygen atoms in total. The number of rotatable bonds is 8. The number of carbonyl (C=O) groups is 1. The van der Waals surface area contributed by atoms with Crippen LogP contribution in [0.2, 0.25) is 0 Å². The van der Waals surface area contributed by atoms with Crippen molar-refractivity contribution < 1.29 is 9.90 Å². The van der Waals surface area contributed by atoms with E-state index in [1.54, 1.807) is 39.8 Å². The maximum atomic E-state index is 12.9. The van der Waals surface area contributed by atoms with Gasteiger partial charge in [-0.2, -0.15) is 5.10 Å². The monoisotopic (exact) mass is 474 g/mol. The number of benzene rings is 1. The molecular formula is C25H26N6O4. The van der Waals surface area contributed by atoms with Crippen molar-refractivity contribution in [3.05, 3.63) is 68.6 Å². The highest BCUT2D eigenvalue weighted by Crippen LogP contribution is 2.18. The fourth-order valence-electron chi connectivity index (χ4n) is 3.88. The molecule has 180 valence electrons. The average Bonchev–Trinajstić information content (AvgIpc) is 3.47. The number of hydrogen-bond donors (Lipinski definition) is 2. The number of carboxylic acids is 1. The molecule has 3 aromatic heterocycles. The largest absolute Gasteiger partial charge is 0.481 e. The van der Waals surface area contributed by atoms with Crippen LogP contribution in [-0.2, 0) is 30.8 Å². The Morgan fingerprint density at radius 1 is 1.14 bits per heavy atom. The lowest BCUT2D eigenvalue weighted by Crippen LogP contribution is -2.40. The SMILES string of the molecule is CCCn1c(=O)c2[nH]c(-c3cnn(CC#Cc4cccc(CC(=O)O)c4)c3)nc2n(CCC)c1=O. The second-order valence-corrected chi connectivity index (χ2v) is 8.17. The lowest BCUT2D eigenvalue weighted by molar-refractivity contribution is -0.136. The Hall–Kier alpha value is -4.39. The van der Waals surface area contributed by atoms with E-state index in [2.05, 4.69) is 26.9 Å². The van der Waals surface area contributed by atoms with Gasteiger partial charge < -0.3 is 10.1 Å². The Morgan fingerprint density at radius 2 is 1.91 bits per heavy atom. The van der Waals surface area contributed by atoms with Crippen LogP contribution in [0.15, 0.2) is 46.2 Å². The standard InChI is InChI=1S/C25H26N6O4/c1-3-10-30-23-21(24(34)31(11-4-2)25(30)35)27-22(28-23)19-15-26-29(16-19)12-6-9-17-7-5-8-18(13-17)14-20(32)33/h5,7-8,13,15-16H,3-4,10-12,14H2,1-2H3,(H,27,28)(H,32,33). The van der Waals surface area contributed by atoms with Gasteiger partial charge in [0.2, 0.25) is 0 Å². The van der Waals surface area contributed by atoms with Crippen molar-refractivity contribution in [2.45, 2.75) is 52.7 Å². The minimum absolute atomic E-state index is 0.0504. The van der Waals surface area contributed by atoms with Gasteiger partial charge in [-0.25, -0.2) is 9.78 Å². The van der Waals surface area contributed by atoms with Crippen molar-refractivity contribution in [1.82, 2.24) is 28.9 Å². The number of hydrogen-bond acceptors (Lipinski definition) is 5. The van der Waals surface area contributed by atoms with Gasteiger partial charge in [0.15, 0.2) is 5.65 Å². The molecule has 0 fully saturated rings.